The predicted octanol–water partition coefficient (Wildman–Crippen LogP) is 2.14. The molecule has 0 heterocycles. The second-order valence-corrected chi connectivity index (χ2v) is 5.39. The van der Waals surface area contributed by atoms with Crippen LogP contribution < -0.4 is 19.5 Å². The lowest BCUT2D eigenvalue weighted by Crippen LogP contribution is -2.30. The molecule has 0 radical (unpaired) electrons. The van der Waals surface area contributed by atoms with E-state index in [1.165, 1.54) is 26.4 Å². The third-order valence-corrected chi connectivity index (χ3v) is 3.63. The van der Waals surface area contributed by atoms with E-state index in [-0.39, 0.29) is 35.3 Å². The second kappa shape index (κ2) is 9.31. The first-order valence-electron chi connectivity index (χ1n) is 7.98. The number of methoxy groups -OCH3 is 2. The SMILES string of the molecule is COc1cc(C(=O)O)cc(OC)c1OCC(=O)NCCc1ccccc1. The molecule has 0 spiro atoms. The predicted molar refractivity (Wildman–Crippen MR) is 95.2 cm³/mol. The van der Waals surface area contributed by atoms with Crippen molar-refractivity contribution >= 4 is 11.9 Å². The Morgan fingerprint density at radius 2 is 1.65 bits per heavy atom. The number of carbonyl (C=O) groups excluding carboxylic acids is 1. The van der Waals surface area contributed by atoms with Gasteiger partial charge in [0, 0.05) is 6.54 Å². The van der Waals surface area contributed by atoms with Crippen LogP contribution in [-0.2, 0) is 11.2 Å². The van der Waals surface area contributed by atoms with Crippen molar-refractivity contribution in [2.45, 2.75) is 6.42 Å². The molecule has 0 saturated heterocycles. The molecule has 0 bridgehead atoms. The lowest BCUT2D eigenvalue weighted by molar-refractivity contribution is -0.123. The molecule has 0 fully saturated rings. The maximum atomic E-state index is 12.0. The first-order chi connectivity index (χ1) is 12.5. The molecular formula is C19H21NO6. The minimum atomic E-state index is -1.12. The molecule has 2 N–H and O–H groups in total. The summed E-state index contributed by atoms with van der Waals surface area (Å²) in [7, 11) is 2.76. The molecule has 0 aromatic heterocycles. The van der Waals surface area contributed by atoms with Crippen LogP contribution in [-0.4, -0.2) is 44.4 Å². The Hall–Kier alpha value is -3.22. The lowest BCUT2D eigenvalue weighted by Gasteiger charge is -2.15. The summed E-state index contributed by atoms with van der Waals surface area (Å²) in [4.78, 5) is 23.1. The first kappa shape index (κ1) is 19.1. The number of aromatic carboxylic acids is 1. The van der Waals surface area contributed by atoms with Gasteiger partial charge in [-0.1, -0.05) is 30.3 Å². The number of carboxylic acids is 1. The van der Waals surface area contributed by atoms with E-state index < -0.39 is 5.97 Å². The van der Waals surface area contributed by atoms with Gasteiger partial charge in [0.1, 0.15) is 0 Å². The van der Waals surface area contributed by atoms with Gasteiger partial charge in [0.2, 0.25) is 5.75 Å². The average molecular weight is 359 g/mol. The van der Waals surface area contributed by atoms with Crippen molar-refractivity contribution in [1.29, 1.82) is 0 Å². The summed E-state index contributed by atoms with van der Waals surface area (Å²) in [6, 6.07) is 12.4. The van der Waals surface area contributed by atoms with E-state index in [0.29, 0.717) is 13.0 Å². The van der Waals surface area contributed by atoms with Crippen LogP contribution in [0.15, 0.2) is 42.5 Å². The average Bonchev–Trinajstić information content (AvgIpc) is 2.66. The molecule has 0 unspecified atom stereocenters. The Kier molecular flexibility index (Phi) is 6.84. The Morgan fingerprint density at radius 3 is 2.19 bits per heavy atom. The van der Waals surface area contributed by atoms with Crippen LogP contribution in [0.1, 0.15) is 15.9 Å². The van der Waals surface area contributed by atoms with Crippen molar-refractivity contribution in [2.24, 2.45) is 0 Å². The summed E-state index contributed by atoms with van der Waals surface area (Å²) < 4.78 is 15.8. The zero-order valence-electron chi connectivity index (χ0n) is 14.7. The number of amides is 1. The van der Waals surface area contributed by atoms with E-state index in [2.05, 4.69) is 5.32 Å². The number of ether oxygens (including phenoxy) is 3. The number of rotatable bonds is 9. The highest BCUT2D eigenvalue weighted by molar-refractivity contribution is 5.89. The van der Waals surface area contributed by atoms with Gasteiger partial charge in [-0.3, -0.25) is 4.79 Å². The van der Waals surface area contributed by atoms with Gasteiger partial charge in [-0.15, -0.1) is 0 Å². The molecule has 0 aliphatic rings. The highest BCUT2D eigenvalue weighted by atomic mass is 16.5. The number of nitrogens with one attached hydrogen (secondary N) is 1. The van der Waals surface area contributed by atoms with Crippen molar-refractivity contribution < 1.29 is 28.9 Å². The largest absolute Gasteiger partial charge is 0.493 e. The summed E-state index contributed by atoms with van der Waals surface area (Å²) >= 11 is 0. The molecule has 0 aliphatic heterocycles. The van der Waals surface area contributed by atoms with Gasteiger partial charge in [0.25, 0.3) is 5.91 Å². The molecule has 0 atom stereocenters. The van der Waals surface area contributed by atoms with Crippen molar-refractivity contribution in [3.8, 4) is 17.2 Å². The molecule has 138 valence electrons. The van der Waals surface area contributed by atoms with Gasteiger partial charge < -0.3 is 24.6 Å². The Labute approximate surface area is 151 Å². The number of hydrogen-bond donors (Lipinski definition) is 2. The summed E-state index contributed by atoms with van der Waals surface area (Å²) in [5, 5.41) is 11.9. The second-order valence-electron chi connectivity index (χ2n) is 5.39. The fourth-order valence-electron chi connectivity index (χ4n) is 2.33. The Balaban J connectivity index is 1.95. The fourth-order valence-corrected chi connectivity index (χ4v) is 2.33. The van der Waals surface area contributed by atoms with E-state index >= 15 is 0 Å². The highest BCUT2D eigenvalue weighted by Crippen LogP contribution is 2.38. The molecule has 7 heteroatoms. The van der Waals surface area contributed by atoms with Crippen molar-refractivity contribution in [3.63, 3.8) is 0 Å². The highest BCUT2D eigenvalue weighted by Gasteiger charge is 2.18. The topological polar surface area (TPSA) is 94.1 Å². The van der Waals surface area contributed by atoms with E-state index in [9.17, 15) is 9.59 Å². The van der Waals surface area contributed by atoms with Crippen molar-refractivity contribution in [1.82, 2.24) is 5.32 Å². The molecule has 2 aromatic carbocycles. The van der Waals surface area contributed by atoms with Gasteiger partial charge in [0.15, 0.2) is 18.1 Å². The van der Waals surface area contributed by atoms with Crippen LogP contribution in [0.25, 0.3) is 0 Å². The van der Waals surface area contributed by atoms with Gasteiger partial charge in [-0.25, -0.2) is 4.79 Å². The van der Waals surface area contributed by atoms with Crippen LogP contribution in [0, 0.1) is 0 Å². The third-order valence-electron chi connectivity index (χ3n) is 3.63. The maximum Gasteiger partial charge on any atom is 0.335 e. The van der Waals surface area contributed by atoms with Crippen LogP contribution >= 0.6 is 0 Å². The summed E-state index contributed by atoms with van der Waals surface area (Å²) in [6.07, 6.45) is 0.715. The van der Waals surface area contributed by atoms with Gasteiger partial charge >= 0.3 is 5.97 Å². The Bertz CT molecular complexity index is 735. The summed E-state index contributed by atoms with van der Waals surface area (Å²) in [5.41, 5.74) is 1.12. The number of benzene rings is 2. The van der Waals surface area contributed by atoms with Crippen LogP contribution in [0.2, 0.25) is 0 Å². The van der Waals surface area contributed by atoms with E-state index in [4.69, 9.17) is 19.3 Å². The third kappa shape index (κ3) is 5.14. The molecule has 0 aliphatic carbocycles. The van der Waals surface area contributed by atoms with Crippen molar-refractivity contribution in [3.05, 3.63) is 53.6 Å². The zero-order chi connectivity index (χ0) is 18.9. The van der Waals surface area contributed by atoms with Crippen LogP contribution in [0.5, 0.6) is 17.2 Å². The maximum absolute atomic E-state index is 12.0. The molecular weight excluding hydrogens is 338 g/mol. The lowest BCUT2D eigenvalue weighted by atomic mass is 10.1. The van der Waals surface area contributed by atoms with E-state index in [1.807, 2.05) is 30.3 Å². The van der Waals surface area contributed by atoms with Gasteiger partial charge in [0.05, 0.1) is 19.8 Å². The van der Waals surface area contributed by atoms with Crippen molar-refractivity contribution in [2.75, 3.05) is 27.4 Å². The minimum absolute atomic E-state index is 0.00152. The van der Waals surface area contributed by atoms with Crippen LogP contribution in [0.3, 0.4) is 0 Å². The van der Waals surface area contributed by atoms with Crippen LogP contribution in [0.4, 0.5) is 0 Å². The minimum Gasteiger partial charge on any atom is -0.493 e. The molecule has 7 nitrogen and oxygen atoms in total. The summed E-state index contributed by atoms with van der Waals surface area (Å²) in [5.74, 6) is -0.880. The number of hydrogen-bond acceptors (Lipinski definition) is 5. The van der Waals surface area contributed by atoms with Gasteiger partial charge in [-0.05, 0) is 24.1 Å². The summed E-state index contributed by atoms with van der Waals surface area (Å²) in [6.45, 7) is 0.242. The molecule has 2 aromatic rings. The monoisotopic (exact) mass is 359 g/mol. The number of carbonyl (C=O) groups is 2. The smallest absolute Gasteiger partial charge is 0.335 e. The molecule has 2 rings (SSSR count). The molecule has 0 saturated carbocycles. The van der Waals surface area contributed by atoms with Gasteiger partial charge in [-0.2, -0.15) is 0 Å². The normalized spacial score (nSPS) is 10.1. The standard InChI is InChI=1S/C19H21NO6/c1-24-15-10-14(19(22)23)11-16(25-2)18(15)26-12-17(21)20-9-8-13-6-4-3-5-7-13/h3-7,10-11H,8-9,12H2,1-2H3,(H,20,21)(H,22,23). The van der Waals surface area contributed by atoms with E-state index in [0.717, 1.165) is 5.56 Å². The molecule has 26 heavy (non-hydrogen) atoms. The van der Waals surface area contributed by atoms with E-state index in [1.54, 1.807) is 0 Å². The number of carboxylic acid groups (broad SMARTS) is 1. The Morgan fingerprint density at radius 1 is 1.04 bits per heavy atom. The molecule has 1 amide bonds. The fraction of sp³-hybridized carbons (Fsp3) is 0.263. The quantitative estimate of drug-likeness (QED) is 0.712. The first-order valence-corrected chi connectivity index (χ1v) is 7.98. The zero-order valence-corrected chi connectivity index (χ0v) is 14.7.